The minimum atomic E-state index is -0.259. The monoisotopic (exact) mass is 308 g/mol. The van der Waals surface area contributed by atoms with Crippen molar-refractivity contribution in [2.75, 3.05) is 13.1 Å². The van der Waals surface area contributed by atoms with Crippen LogP contribution >= 0.6 is 0 Å². The molecular weight excluding hydrogens is 276 g/mol. The predicted octanol–water partition coefficient (Wildman–Crippen LogP) is 3.67. The molecular formula is C18H32N2O2. The van der Waals surface area contributed by atoms with E-state index in [9.17, 15) is 9.90 Å². The first-order chi connectivity index (χ1) is 10.5. The Morgan fingerprint density at radius 3 is 2.41 bits per heavy atom. The highest BCUT2D eigenvalue weighted by molar-refractivity contribution is 5.29. The van der Waals surface area contributed by atoms with E-state index in [1.807, 2.05) is 6.92 Å². The molecule has 0 saturated heterocycles. The van der Waals surface area contributed by atoms with Gasteiger partial charge in [-0.3, -0.25) is 9.69 Å². The summed E-state index contributed by atoms with van der Waals surface area (Å²) in [6, 6.07) is 1.55. The molecule has 0 aliphatic carbocycles. The van der Waals surface area contributed by atoms with Crippen molar-refractivity contribution in [3.63, 3.8) is 0 Å². The third-order valence-corrected chi connectivity index (χ3v) is 4.23. The molecule has 0 fully saturated rings. The molecule has 22 heavy (non-hydrogen) atoms. The number of pyridine rings is 1. The van der Waals surface area contributed by atoms with Crippen LogP contribution in [-0.2, 0) is 13.1 Å². The molecule has 1 aromatic heterocycles. The second kappa shape index (κ2) is 9.67. The van der Waals surface area contributed by atoms with Gasteiger partial charge in [-0.25, -0.2) is 0 Å². The maximum atomic E-state index is 11.9. The van der Waals surface area contributed by atoms with Crippen LogP contribution in [0.5, 0.6) is 5.75 Å². The van der Waals surface area contributed by atoms with Crippen LogP contribution in [0.25, 0.3) is 0 Å². The normalized spacial score (nSPS) is 11.3. The summed E-state index contributed by atoms with van der Waals surface area (Å²) in [5.74, 6) is -0.0722. The van der Waals surface area contributed by atoms with E-state index in [1.54, 1.807) is 6.07 Å². The number of unbranched alkanes of at least 4 members (excludes halogenated alkanes) is 3. The number of aryl methyl sites for hydroxylation is 1. The maximum Gasteiger partial charge on any atom is 0.223 e. The fraction of sp³-hybridized carbons (Fsp3) is 0.722. The molecule has 126 valence electrons. The van der Waals surface area contributed by atoms with Gasteiger partial charge in [-0.05, 0) is 32.9 Å². The number of hydrogen-bond donors (Lipinski definition) is 1. The van der Waals surface area contributed by atoms with Crippen molar-refractivity contribution in [3.8, 4) is 5.75 Å². The zero-order valence-corrected chi connectivity index (χ0v) is 14.7. The molecule has 0 saturated carbocycles. The number of nitrogens with zero attached hydrogens (tertiary/aromatic N) is 2. The summed E-state index contributed by atoms with van der Waals surface area (Å²) in [6.45, 7) is 11.9. The first-order valence-electron chi connectivity index (χ1n) is 8.69. The predicted molar refractivity (Wildman–Crippen MR) is 92.5 cm³/mol. The molecule has 0 bridgehead atoms. The molecule has 0 amide bonds. The smallest absolute Gasteiger partial charge is 0.223 e. The molecule has 0 radical (unpaired) electrons. The van der Waals surface area contributed by atoms with E-state index in [1.165, 1.54) is 6.42 Å². The summed E-state index contributed by atoms with van der Waals surface area (Å²) in [6.07, 6.45) is 5.70. The molecule has 0 aliphatic rings. The van der Waals surface area contributed by atoms with E-state index in [2.05, 4.69) is 30.2 Å². The van der Waals surface area contributed by atoms with E-state index >= 15 is 0 Å². The van der Waals surface area contributed by atoms with Crippen LogP contribution in [0.3, 0.4) is 0 Å². The highest BCUT2D eigenvalue weighted by Crippen LogP contribution is 2.18. The Hall–Kier alpha value is -1.29. The van der Waals surface area contributed by atoms with Gasteiger partial charge in [0.15, 0.2) is 5.75 Å². The Kier molecular flexibility index (Phi) is 8.25. The number of aromatic nitrogens is 1. The Balaban J connectivity index is 3.04. The van der Waals surface area contributed by atoms with E-state index in [0.717, 1.165) is 56.7 Å². The zero-order valence-electron chi connectivity index (χ0n) is 14.7. The molecule has 0 unspecified atom stereocenters. The SMILES string of the molecule is CCCCCn1c(C)cc(=O)c(O)c1CN(CC)CCCC. The third-order valence-electron chi connectivity index (χ3n) is 4.23. The molecule has 0 atom stereocenters. The average Bonchev–Trinajstić information content (AvgIpc) is 2.50. The third kappa shape index (κ3) is 5.16. The van der Waals surface area contributed by atoms with Crippen LogP contribution in [0.2, 0.25) is 0 Å². The van der Waals surface area contributed by atoms with Crippen LogP contribution in [-0.4, -0.2) is 27.7 Å². The van der Waals surface area contributed by atoms with E-state index < -0.39 is 0 Å². The lowest BCUT2D eigenvalue weighted by Crippen LogP contribution is -2.28. The van der Waals surface area contributed by atoms with Crippen molar-refractivity contribution >= 4 is 0 Å². The number of aromatic hydroxyl groups is 1. The highest BCUT2D eigenvalue weighted by Gasteiger charge is 2.15. The lowest BCUT2D eigenvalue weighted by atomic mass is 10.2. The molecule has 0 spiro atoms. The summed E-state index contributed by atoms with van der Waals surface area (Å²) in [5.41, 5.74) is 1.46. The summed E-state index contributed by atoms with van der Waals surface area (Å²) in [7, 11) is 0. The standard InChI is InChI=1S/C18H32N2O2/c1-5-8-10-12-20-15(4)13-17(21)18(22)16(20)14-19(7-3)11-9-6-2/h13,22H,5-12,14H2,1-4H3. The zero-order chi connectivity index (χ0) is 16.5. The fourth-order valence-corrected chi connectivity index (χ4v) is 2.75. The quantitative estimate of drug-likeness (QED) is 0.671. The van der Waals surface area contributed by atoms with Gasteiger partial charge in [0.2, 0.25) is 5.43 Å². The number of hydrogen-bond acceptors (Lipinski definition) is 3. The van der Waals surface area contributed by atoms with Crippen molar-refractivity contribution in [2.24, 2.45) is 0 Å². The fourth-order valence-electron chi connectivity index (χ4n) is 2.75. The van der Waals surface area contributed by atoms with Gasteiger partial charge >= 0.3 is 0 Å². The minimum Gasteiger partial charge on any atom is -0.503 e. The van der Waals surface area contributed by atoms with Crippen molar-refractivity contribution in [2.45, 2.75) is 72.9 Å². The van der Waals surface area contributed by atoms with Crippen molar-refractivity contribution in [3.05, 3.63) is 27.7 Å². The van der Waals surface area contributed by atoms with E-state index in [-0.39, 0.29) is 11.2 Å². The van der Waals surface area contributed by atoms with Gasteiger partial charge in [-0.2, -0.15) is 0 Å². The molecule has 1 rings (SSSR count). The molecule has 0 aliphatic heterocycles. The Bertz CT molecular complexity index is 509. The molecule has 1 aromatic rings. The lowest BCUT2D eigenvalue weighted by molar-refractivity contribution is 0.260. The first kappa shape index (κ1) is 18.8. The van der Waals surface area contributed by atoms with Crippen molar-refractivity contribution < 1.29 is 5.11 Å². The van der Waals surface area contributed by atoms with Crippen LogP contribution < -0.4 is 5.43 Å². The van der Waals surface area contributed by atoms with E-state index in [0.29, 0.717) is 6.54 Å². The minimum absolute atomic E-state index is 0.0722. The molecule has 4 nitrogen and oxygen atoms in total. The molecule has 1 heterocycles. The Morgan fingerprint density at radius 2 is 1.82 bits per heavy atom. The summed E-state index contributed by atoms with van der Waals surface area (Å²) < 4.78 is 2.13. The Morgan fingerprint density at radius 1 is 1.14 bits per heavy atom. The van der Waals surface area contributed by atoms with E-state index in [4.69, 9.17) is 0 Å². The van der Waals surface area contributed by atoms with Crippen LogP contribution in [0, 0.1) is 6.92 Å². The van der Waals surface area contributed by atoms with Gasteiger partial charge in [0.05, 0.1) is 5.69 Å². The van der Waals surface area contributed by atoms with Gasteiger partial charge in [-0.15, -0.1) is 0 Å². The van der Waals surface area contributed by atoms with Gasteiger partial charge in [0.1, 0.15) is 0 Å². The highest BCUT2D eigenvalue weighted by atomic mass is 16.3. The maximum absolute atomic E-state index is 11.9. The van der Waals surface area contributed by atoms with Crippen LogP contribution in [0.4, 0.5) is 0 Å². The van der Waals surface area contributed by atoms with Gasteiger partial charge in [0.25, 0.3) is 0 Å². The van der Waals surface area contributed by atoms with Gasteiger partial charge < -0.3 is 9.67 Å². The van der Waals surface area contributed by atoms with Crippen LogP contribution in [0.1, 0.15) is 64.3 Å². The second-order valence-electron chi connectivity index (χ2n) is 6.03. The van der Waals surface area contributed by atoms with Crippen LogP contribution in [0.15, 0.2) is 10.9 Å². The second-order valence-corrected chi connectivity index (χ2v) is 6.03. The van der Waals surface area contributed by atoms with Crippen molar-refractivity contribution in [1.82, 2.24) is 9.47 Å². The van der Waals surface area contributed by atoms with Crippen molar-refractivity contribution in [1.29, 1.82) is 0 Å². The topological polar surface area (TPSA) is 45.5 Å². The lowest BCUT2D eigenvalue weighted by Gasteiger charge is -2.24. The summed E-state index contributed by atoms with van der Waals surface area (Å²) in [4.78, 5) is 14.2. The number of rotatable bonds is 10. The van der Waals surface area contributed by atoms with Gasteiger partial charge in [-0.1, -0.05) is 40.0 Å². The summed E-state index contributed by atoms with van der Waals surface area (Å²) >= 11 is 0. The molecule has 1 N–H and O–H groups in total. The van der Waals surface area contributed by atoms with Gasteiger partial charge in [0, 0.05) is 24.8 Å². The first-order valence-corrected chi connectivity index (χ1v) is 8.69. The average molecular weight is 308 g/mol. The molecule has 4 heteroatoms. The molecule has 0 aromatic carbocycles. The summed E-state index contributed by atoms with van der Waals surface area (Å²) in [5, 5.41) is 10.3. The Labute approximate surface area is 134 Å². The largest absolute Gasteiger partial charge is 0.503 e.